The van der Waals surface area contributed by atoms with Gasteiger partial charge in [0.15, 0.2) is 11.5 Å². The maximum atomic E-state index is 12.8. The standard InChI is InChI=1S/C22H31N3O3/c1-5-25(6-2)13-7-8-15(3)23-22(26)20-18-12-10-16-9-11-17(27-4)14-19(16)21(18)28-24-20/h9,11,14-15H,5-8,10,12-13H2,1-4H3,(H,23,26)/t15-/m1/s1. The maximum absolute atomic E-state index is 12.8. The zero-order valence-electron chi connectivity index (χ0n) is 17.4. The van der Waals surface area contributed by atoms with Gasteiger partial charge in [0.2, 0.25) is 0 Å². The molecule has 3 rings (SSSR count). The van der Waals surface area contributed by atoms with Crippen LogP contribution in [-0.4, -0.2) is 48.7 Å². The van der Waals surface area contributed by atoms with Crippen LogP contribution >= 0.6 is 0 Å². The number of carbonyl (C=O) groups excluding carboxylic acids is 1. The lowest BCUT2D eigenvalue weighted by Gasteiger charge is -2.20. The van der Waals surface area contributed by atoms with Gasteiger partial charge in [0.25, 0.3) is 5.91 Å². The number of nitrogens with zero attached hydrogens (tertiary/aromatic N) is 2. The SMILES string of the molecule is CCN(CC)CCC[C@@H](C)NC(=O)c1noc2c1CCc1ccc(OC)cc1-2. The molecule has 1 amide bonds. The molecule has 1 atom stereocenters. The highest BCUT2D eigenvalue weighted by molar-refractivity contribution is 5.95. The molecule has 1 aliphatic carbocycles. The van der Waals surface area contributed by atoms with Crippen LogP contribution in [0, 0.1) is 0 Å². The Bertz CT molecular complexity index is 811. The number of hydrogen-bond donors (Lipinski definition) is 1. The van der Waals surface area contributed by atoms with E-state index in [0.717, 1.165) is 62.2 Å². The molecule has 1 N–H and O–H groups in total. The van der Waals surface area contributed by atoms with E-state index in [1.54, 1.807) is 7.11 Å². The van der Waals surface area contributed by atoms with Crippen LogP contribution in [0.5, 0.6) is 5.75 Å². The van der Waals surface area contributed by atoms with Crippen LogP contribution in [0.15, 0.2) is 22.7 Å². The Kier molecular flexibility index (Phi) is 6.73. The summed E-state index contributed by atoms with van der Waals surface area (Å²) in [4.78, 5) is 15.2. The molecule has 2 aromatic rings. The molecule has 6 heteroatoms. The number of ether oxygens (including phenoxy) is 1. The van der Waals surface area contributed by atoms with E-state index in [2.05, 4.69) is 35.3 Å². The molecule has 0 saturated heterocycles. The van der Waals surface area contributed by atoms with Gasteiger partial charge in [0, 0.05) is 17.2 Å². The first kappa shape index (κ1) is 20.4. The fourth-order valence-corrected chi connectivity index (χ4v) is 3.83. The van der Waals surface area contributed by atoms with Crippen LogP contribution in [0.3, 0.4) is 0 Å². The highest BCUT2D eigenvalue weighted by Gasteiger charge is 2.28. The van der Waals surface area contributed by atoms with E-state index >= 15 is 0 Å². The topological polar surface area (TPSA) is 67.6 Å². The quantitative estimate of drug-likeness (QED) is 0.713. The highest BCUT2D eigenvalue weighted by Crippen LogP contribution is 2.37. The summed E-state index contributed by atoms with van der Waals surface area (Å²) in [5, 5.41) is 7.19. The summed E-state index contributed by atoms with van der Waals surface area (Å²) in [5.41, 5.74) is 3.48. The second-order valence-corrected chi connectivity index (χ2v) is 7.41. The van der Waals surface area contributed by atoms with Crippen LogP contribution in [0.4, 0.5) is 0 Å². The van der Waals surface area contributed by atoms with Crippen LogP contribution in [0.1, 0.15) is 55.2 Å². The van der Waals surface area contributed by atoms with E-state index in [9.17, 15) is 4.79 Å². The van der Waals surface area contributed by atoms with Crippen molar-refractivity contribution in [3.63, 3.8) is 0 Å². The molecule has 1 aromatic carbocycles. The van der Waals surface area contributed by atoms with Crippen molar-refractivity contribution >= 4 is 5.91 Å². The molecule has 1 heterocycles. The number of aryl methyl sites for hydroxylation is 1. The lowest BCUT2D eigenvalue weighted by Crippen LogP contribution is -2.34. The summed E-state index contributed by atoms with van der Waals surface area (Å²) in [6.07, 6.45) is 3.64. The number of carbonyl (C=O) groups is 1. The second kappa shape index (κ2) is 9.24. The number of rotatable bonds is 9. The third-order valence-electron chi connectivity index (χ3n) is 5.59. The van der Waals surface area contributed by atoms with E-state index in [1.165, 1.54) is 5.56 Å². The zero-order valence-corrected chi connectivity index (χ0v) is 17.4. The summed E-state index contributed by atoms with van der Waals surface area (Å²) in [6.45, 7) is 9.59. The van der Waals surface area contributed by atoms with E-state index < -0.39 is 0 Å². The number of methoxy groups -OCH3 is 1. The van der Waals surface area contributed by atoms with E-state index in [-0.39, 0.29) is 11.9 Å². The molecule has 0 fully saturated rings. The maximum Gasteiger partial charge on any atom is 0.273 e. The summed E-state index contributed by atoms with van der Waals surface area (Å²) in [7, 11) is 1.65. The summed E-state index contributed by atoms with van der Waals surface area (Å²) in [6, 6.07) is 6.06. The van der Waals surface area contributed by atoms with Gasteiger partial charge in [0.1, 0.15) is 5.75 Å². The van der Waals surface area contributed by atoms with Gasteiger partial charge in [-0.3, -0.25) is 4.79 Å². The summed E-state index contributed by atoms with van der Waals surface area (Å²) < 4.78 is 10.9. The molecule has 0 saturated carbocycles. The van der Waals surface area contributed by atoms with Crippen molar-refractivity contribution in [1.82, 2.24) is 15.4 Å². The fraction of sp³-hybridized carbons (Fsp3) is 0.545. The van der Waals surface area contributed by atoms with Gasteiger partial charge in [-0.25, -0.2) is 0 Å². The first-order valence-corrected chi connectivity index (χ1v) is 10.3. The van der Waals surface area contributed by atoms with Crippen LogP contribution in [-0.2, 0) is 12.8 Å². The zero-order chi connectivity index (χ0) is 20.1. The lowest BCUT2D eigenvalue weighted by atomic mass is 9.89. The molecular weight excluding hydrogens is 354 g/mol. The van der Waals surface area contributed by atoms with Crippen molar-refractivity contribution in [2.24, 2.45) is 0 Å². The largest absolute Gasteiger partial charge is 0.497 e. The van der Waals surface area contributed by atoms with Crippen LogP contribution < -0.4 is 10.1 Å². The predicted octanol–water partition coefficient (Wildman–Crippen LogP) is 3.69. The highest BCUT2D eigenvalue weighted by atomic mass is 16.5. The van der Waals surface area contributed by atoms with E-state index in [4.69, 9.17) is 9.26 Å². The van der Waals surface area contributed by atoms with Gasteiger partial charge < -0.3 is 19.5 Å². The lowest BCUT2D eigenvalue weighted by molar-refractivity contribution is 0.0927. The minimum Gasteiger partial charge on any atom is -0.497 e. The van der Waals surface area contributed by atoms with Crippen molar-refractivity contribution in [3.8, 4) is 17.1 Å². The number of aromatic nitrogens is 1. The average Bonchev–Trinajstić information content (AvgIpc) is 3.15. The minimum atomic E-state index is -0.147. The van der Waals surface area contributed by atoms with Gasteiger partial charge in [-0.2, -0.15) is 0 Å². The monoisotopic (exact) mass is 385 g/mol. The summed E-state index contributed by atoms with van der Waals surface area (Å²) >= 11 is 0. The third-order valence-corrected chi connectivity index (χ3v) is 5.59. The van der Waals surface area contributed by atoms with Crippen molar-refractivity contribution in [2.45, 2.75) is 52.5 Å². The molecular formula is C22H31N3O3. The predicted molar refractivity (Wildman–Crippen MR) is 110 cm³/mol. The fourth-order valence-electron chi connectivity index (χ4n) is 3.83. The number of amides is 1. The molecule has 0 unspecified atom stereocenters. The molecule has 1 aromatic heterocycles. The molecule has 0 aliphatic heterocycles. The summed E-state index contributed by atoms with van der Waals surface area (Å²) in [5.74, 6) is 1.32. The average molecular weight is 386 g/mol. The second-order valence-electron chi connectivity index (χ2n) is 7.41. The number of fused-ring (bicyclic) bond motifs is 3. The molecule has 6 nitrogen and oxygen atoms in total. The van der Waals surface area contributed by atoms with Gasteiger partial charge >= 0.3 is 0 Å². The van der Waals surface area contributed by atoms with Crippen molar-refractivity contribution < 1.29 is 14.1 Å². The molecule has 0 radical (unpaired) electrons. The Labute approximate surface area is 167 Å². The molecule has 0 bridgehead atoms. The number of nitrogens with one attached hydrogen (secondary N) is 1. The van der Waals surface area contributed by atoms with Gasteiger partial charge in [-0.05, 0) is 69.9 Å². The Hall–Kier alpha value is -2.34. The first-order valence-electron chi connectivity index (χ1n) is 10.3. The molecule has 28 heavy (non-hydrogen) atoms. The number of benzene rings is 1. The Morgan fingerprint density at radius 2 is 2.11 bits per heavy atom. The Morgan fingerprint density at radius 3 is 2.82 bits per heavy atom. The molecule has 1 aliphatic rings. The van der Waals surface area contributed by atoms with Gasteiger partial charge in [0.05, 0.1) is 7.11 Å². The van der Waals surface area contributed by atoms with Crippen LogP contribution in [0.2, 0.25) is 0 Å². The molecule has 0 spiro atoms. The van der Waals surface area contributed by atoms with Crippen LogP contribution in [0.25, 0.3) is 11.3 Å². The Balaban J connectivity index is 1.65. The normalized spacial score (nSPS) is 13.8. The van der Waals surface area contributed by atoms with Crippen molar-refractivity contribution in [2.75, 3.05) is 26.7 Å². The van der Waals surface area contributed by atoms with Gasteiger partial charge in [-0.15, -0.1) is 0 Å². The smallest absolute Gasteiger partial charge is 0.273 e. The first-order chi connectivity index (χ1) is 13.6. The van der Waals surface area contributed by atoms with Gasteiger partial charge in [-0.1, -0.05) is 25.1 Å². The van der Waals surface area contributed by atoms with E-state index in [1.807, 2.05) is 19.1 Å². The third kappa shape index (κ3) is 4.38. The van der Waals surface area contributed by atoms with E-state index in [0.29, 0.717) is 11.5 Å². The molecule has 152 valence electrons. The van der Waals surface area contributed by atoms with Crippen molar-refractivity contribution in [3.05, 3.63) is 35.0 Å². The minimum absolute atomic E-state index is 0.103. The Morgan fingerprint density at radius 1 is 1.32 bits per heavy atom. The number of hydrogen-bond acceptors (Lipinski definition) is 5. The van der Waals surface area contributed by atoms with Crippen molar-refractivity contribution in [1.29, 1.82) is 0 Å².